The largest absolute Gasteiger partial charge is 0.395 e. The van der Waals surface area contributed by atoms with Gasteiger partial charge in [0.15, 0.2) is 0 Å². The maximum Gasteiger partial charge on any atom is 0.253 e. The van der Waals surface area contributed by atoms with Crippen molar-refractivity contribution >= 4 is 32.7 Å². The van der Waals surface area contributed by atoms with Crippen LogP contribution in [0.1, 0.15) is 30.6 Å². The first-order chi connectivity index (χ1) is 10.1. The second-order valence-electron chi connectivity index (χ2n) is 5.32. The number of amides is 1. The van der Waals surface area contributed by atoms with E-state index in [0.717, 1.165) is 21.8 Å². The topological polar surface area (TPSA) is 54.3 Å². The molecule has 0 radical (unpaired) electrons. The molecular formula is C16H21BrN2O2. The lowest BCUT2D eigenvalue weighted by atomic mass is 10.1. The van der Waals surface area contributed by atoms with Gasteiger partial charge in [-0.05, 0) is 18.1 Å². The van der Waals surface area contributed by atoms with Crippen molar-refractivity contribution in [3.8, 4) is 0 Å². The molecule has 2 N–H and O–H groups in total. The predicted molar refractivity (Wildman–Crippen MR) is 88.5 cm³/mol. The molecule has 0 aliphatic heterocycles. The van der Waals surface area contributed by atoms with E-state index in [1.807, 2.05) is 29.0 Å². The Labute approximate surface area is 133 Å². The Hall–Kier alpha value is -1.33. The third-order valence-electron chi connectivity index (χ3n) is 3.75. The number of benzene rings is 1. The number of carbonyl (C=O) groups is 1. The van der Waals surface area contributed by atoms with Crippen LogP contribution in [0.2, 0.25) is 0 Å². The fraction of sp³-hybridized carbons (Fsp3) is 0.438. The Morgan fingerprint density at radius 1 is 1.48 bits per heavy atom. The molecule has 0 saturated heterocycles. The Morgan fingerprint density at radius 2 is 2.24 bits per heavy atom. The van der Waals surface area contributed by atoms with Gasteiger partial charge in [0, 0.05) is 29.1 Å². The van der Waals surface area contributed by atoms with Crippen molar-refractivity contribution in [1.82, 2.24) is 9.88 Å². The third kappa shape index (κ3) is 3.47. The summed E-state index contributed by atoms with van der Waals surface area (Å²) >= 11 is 3.52. The van der Waals surface area contributed by atoms with Crippen LogP contribution in [0.4, 0.5) is 0 Å². The molecule has 1 amide bonds. The molecule has 0 fully saturated rings. The predicted octanol–water partition coefficient (Wildman–Crippen LogP) is 3.17. The minimum Gasteiger partial charge on any atom is -0.395 e. The number of aliphatic hydroxyl groups is 1. The van der Waals surface area contributed by atoms with Crippen molar-refractivity contribution < 1.29 is 9.90 Å². The first-order valence-corrected chi connectivity index (χ1v) is 8.04. The zero-order valence-corrected chi connectivity index (χ0v) is 14.0. The number of carbonyl (C=O) groups excluding carboxylic acids is 1. The highest BCUT2D eigenvalue weighted by atomic mass is 79.9. The van der Waals surface area contributed by atoms with Crippen LogP contribution < -0.4 is 5.32 Å². The second-order valence-corrected chi connectivity index (χ2v) is 6.17. The second kappa shape index (κ2) is 7.09. The van der Waals surface area contributed by atoms with Gasteiger partial charge in [0.2, 0.25) is 0 Å². The van der Waals surface area contributed by atoms with E-state index in [0.29, 0.717) is 24.6 Å². The van der Waals surface area contributed by atoms with E-state index >= 15 is 0 Å². The fourth-order valence-electron chi connectivity index (χ4n) is 2.28. The molecule has 1 aromatic carbocycles. The van der Waals surface area contributed by atoms with E-state index in [2.05, 4.69) is 35.1 Å². The lowest BCUT2D eigenvalue weighted by molar-refractivity contribution is 0.0949. The summed E-state index contributed by atoms with van der Waals surface area (Å²) in [5.41, 5.74) is 1.60. The van der Waals surface area contributed by atoms with Crippen molar-refractivity contribution in [3.63, 3.8) is 0 Å². The highest BCUT2D eigenvalue weighted by Gasteiger charge is 2.17. The zero-order chi connectivity index (χ0) is 15.4. The molecule has 21 heavy (non-hydrogen) atoms. The summed E-state index contributed by atoms with van der Waals surface area (Å²) in [6.07, 6.45) is 2.85. The smallest absolute Gasteiger partial charge is 0.253 e. The van der Waals surface area contributed by atoms with Gasteiger partial charge in [-0.3, -0.25) is 4.79 Å². The van der Waals surface area contributed by atoms with E-state index in [1.165, 1.54) is 0 Å². The normalized spacial score (nSPS) is 12.6. The minimum absolute atomic E-state index is 0.0459. The first-order valence-electron chi connectivity index (χ1n) is 7.24. The average Bonchev–Trinajstić information content (AvgIpc) is 2.85. The van der Waals surface area contributed by atoms with Gasteiger partial charge in [0.05, 0.1) is 17.7 Å². The quantitative estimate of drug-likeness (QED) is 0.838. The van der Waals surface area contributed by atoms with Gasteiger partial charge < -0.3 is 15.0 Å². The van der Waals surface area contributed by atoms with Gasteiger partial charge in [-0.1, -0.05) is 42.3 Å². The van der Waals surface area contributed by atoms with Gasteiger partial charge in [0.1, 0.15) is 0 Å². The molecule has 0 aliphatic rings. The number of halogens is 1. The molecular weight excluding hydrogens is 332 g/mol. The van der Waals surface area contributed by atoms with E-state index in [4.69, 9.17) is 0 Å². The summed E-state index contributed by atoms with van der Waals surface area (Å²) < 4.78 is 2.81. The van der Waals surface area contributed by atoms with Gasteiger partial charge in [-0.25, -0.2) is 0 Å². The molecule has 114 valence electrons. The maximum absolute atomic E-state index is 12.4. The summed E-state index contributed by atoms with van der Waals surface area (Å²) in [5, 5.41) is 13.1. The highest BCUT2D eigenvalue weighted by molar-refractivity contribution is 9.10. The van der Waals surface area contributed by atoms with Crippen LogP contribution >= 0.6 is 15.9 Å². The van der Waals surface area contributed by atoms with Crippen LogP contribution in [0.25, 0.3) is 10.9 Å². The molecule has 0 saturated carbocycles. The van der Waals surface area contributed by atoms with E-state index in [9.17, 15) is 9.90 Å². The number of aromatic nitrogens is 1. The monoisotopic (exact) mass is 352 g/mol. The van der Waals surface area contributed by atoms with Crippen molar-refractivity contribution in [3.05, 3.63) is 34.4 Å². The van der Waals surface area contributed by atoms with Crippen LogP contribution in [0.15, 0.2) is 28.9 Å². The Balaban J connectivity index is 2.36. The van der Waals surface area contributed by atoms with Crippen LogP contribution in [0.5, 0.6) is 0 Å². The molecule has 1 heterocycles. The molecule has 1 atom stereocenters. The lowest BCUT2D eigenvalue weighted by Gasteiger charge is -2.09. The number of nitrogens with zero attached hydrogens (tertiary/aromatic N) is 1. The third-order valence-corrected chi connectivity index (χ3v) is 4.41. The molecule has 0 spiro atoms. The van der Waals surface area contributed by atoms with Gasteiger partial charge in [0.25, 0.3) is 5.91 Å². The molecule has 5 heteroatoms. The first kappa shape index (κ1) is 16.0. The van der Waals surface area contributed by atoms with Crippen molar-refractivity contribution in [2.75, 3.05) is 13.2 Å². The average molecular weight is 353 g/mol. The van der Waals surface area contributed by atoms with Crippen LogP contribution in [0.3, 0.4) is 0 Å². The lowest BCUT2D eigenvalue weighted by Crippen LogP contribution is -2.27. The summed E-state index contributed by atoms with van der Waals surface area (Å²) in [6, 6.07) is 5.82. The van der Waals surface area contributed by atoms with Crippen LogP contribution in [-0.2, 0) is 6.54 Å². The number of fused-ring (bicyclic) bond motifs is 1. The summed E-state index contributed by atoms with van der Waals surface area (Å²) in [5.74, 6) is 0.395. The number of rotatable bonds is 6. The van der Waals surface area contributed by atoms with Crippen LogP contribution in [0, 0.1) is 5.92 Å². The molecule has 0 aliphatic carbocycles. The standard InChI is InChI=1S/C16H21BrN2O2/c1-3-11(2)9-18-16(21)12-10-19(7-8-20)14-6-4-5-13(17)15(12)14/h4-6,10-11,20H,3,7-9H2,1-2H3,(H,18,21). The zero-order valence-electron chi connectivity index (χ0n) is 12.4. The van der Waals surface area contributed by atoms with Gasteiger partial charge in [-0.15, -0.1) is 0 Å². The van der Waals surface area contributed by atoms with Gasteiger partial charge in [-0.2, -0.15) is 0 Å². The number of hydrogen-bond acceptors (Lipinski definition) is 2. The summed E-state index contributed by atoms with van der Waals surface area (Å²) in [7, 11) is 0. The van der Waals surface area contributed by atoms with Crippen molar-refractivity contribution in [2.45, 2.75) is 26.8 Å². The number of aliphatic hydroxyl groups excluding tert-OH is 1. The van der Waals surface area contributed by atoms with E-state index < -0.39 is 0 Å². The molecule has 4 nitrogen and oxygen atoms in total. The Bertz CT molecular complexity index is 636. The molecule has 0 bridgehead atoms. The van der Waals surface area contributed by atoms with Crippen molar-refractivity contribution in [2.24, 2.45) is 5.92 Å². The number of hydrogen-bond donors (Lipinski definition) is 2. The number of nitrogens with one attached hydrogen (secondary N) is 1. The summed E-state index contributed by atoms with van der Waals surface area (Å²) in [4.78, 5) is 12.4. The maximum atomic E-state index is 12.4. The molecule has 1 aromatic heterocycles. The summed E-state index contributed by atoms with van der Waals surface area (Å²) in [6.45, 7) is 5.42. The fourth-order valence-corrected chi connectivity index (χ4v) is 2.85. The van der Waals surface area contributed by atoms with Crippen molar-refractivity contribution in [1.29, 1.82) is 0 Å². The molecule has 2 rings (SSSR count). The molecule has 2 aromatic rings. The van der Waals surface area contributed by atoms with Gasteiger partial charge >= 0.3 is 0 Å². The minimum atomic E-state index is -0.0658. The van der Waals surface area contributed by atoms with E-state index in [-0.39, 0.29) is 12.5 Å². The SMILES string of the molecule is CCC(C)CNC(=O)c1cn(CCO)c2cccc(Br)c12. The highest BCUT2D eigenvalue weighted by Crippen LogP contribution is 2.29. The molecule has 1 unspecified atom stereocenters. The Kier molecular flexibility index (Phi) is 5.42. The Morgan fingerprint density at radius 3 is 2.90 bits per heavy atom. The van der Waals surface area contributed by atoms with E-state index in [1.54, 1.807) is 0 Å². The van der Waals surface area contributed by atoms with Crippen LogP contribution in [-0.4, -0.2) is 28.7 Å².